The maximum atomic E-state index is 12.0. The molecule has 1 aromatic heterocycles. The van der Waals surface area contributed by atoms with Gasteiger partial charge in [-0.25, -0.2) is 9.78 Å². The number of carbonyl (C=O) groups is 2. The molecule has 2 aromatic rings. The van der Waals surface area contributed by atoms with Crippen molar-refractivity contribution in [1.29, 1.82) is 0 Å². The Hall–Kier alpha value is -2.41. The number of aryl methyl sites for hydroxylation is 1. The van der Waals surface area contributed by atoms with Crippen LogP contribution in [0.1, 0.15) is 40.1 Å². The zero-order chi connectivity index (χ0) is 15.4. The van der Waals surface area contributed by atoms with Crippen molar-refractivity contribution in [2.45, 2.75) is 19.8 Å². The van der Waals surface area contributed by atoms with Crippen molar-refractivity contribution >= 4 is 29.2 Å². The van der Waals surface area contributed by atoms with Gasteiger partial charge in [-0.05, 0) is 24.6 Å². The number of hydrogen-bond donors (Lipinski definition) is 3. The van der Waals surface area contributed by atoms with Crippen LogP contribution >= 0.6 is 11.6 Å². The molecule has 0 radical (unpaired) electrons. The molecule has 2 rings (SSSR count). The maximum Gasteiger partial charge on any atom is 0.337 e. The Kier molecular flexibility index (Phi) is 4.54. The fourth-order valence-electron chi connectivity index (χ4n) is 1.70. The van der Waals surface area contributed by atoms with E-state index < -0.39 is 11.9 Å². The van der Waals surface area contributed by atoms with Gasteiger partial charge in [-0.2, -0.15) is 0 Å². The van der Waals surface area contributed by atoms with Gasteiger partial charge in [-0.3, -0.25) is 9.89 Å². The van der Waals surface area contributed by atoms with Gasteiger partial charge in [-0.1, -0.05) is 18.5 Å². The highest BCUT2D eigenvalue weighted by Crippen LogP contribution is 2.20. The number of benzene rings is 1. The average molecular weight is 309 g/mol. The highest BCUT2D eigenvalue weighted by molar-refractivity contribution is 6.33. The molecule has 21 heavy (non-hydrogen) atoms. The first-order chi connectivity index (χ1) is 10.0. The van der Waals surface area contributed by atoms with Gasteiger partial charge in [0.15, 0.2) is 0 Å². The molecule has 8 heteroatoms. The summed E-state index contributed by atoms with van der Waals surface area (Å²) in [5.41, 5.74) is 0.222. The van der Waals surface area contributed by atoms with Gasteiger partial charge in [0.05, 0.1) is 10.6 Å². The molecule has 0 aliphatic carbocycles. The van der Waals surface area contributed by atoms with E-state index in [0.717, 1.165) is 6.42 Å². The molecule has 110 valence electrons. The molecular weight excluding hydrogens is 296 g/mol. The van der Waals surface area contributed by atoms with Crippen LogP contribution in [0.25, 0.3) is 0 Å². The van der Waals surface area contributed by atoms with E-state index in [1.807, 2.05) is 6.92 Å². The Morgan fingerprint density at radius 3 is 2.86 bits per heavy atom. The number of carboxylic acid groups (broad SMARTS) is 1. The Bertz CT molecular complexity index is 684. The highest BCUT2D eigenvalue weighted by atomic mass is 35.5. The summed E-state index contributed by atoms with van der Waals surface area (Å²) in [5, 5.41) is 18.1. The van der Waals surface area contributed by atoms with Crippen LogP contribution < -0.4 is 5.32 Å². The van der Waals surface area contributed by atoms with Crippen molar-refractivity contribution in [2.24, 2.45) is 0 Å². The molecule has 0 bridgehead atoms. The first kappa shape index (κ1) is 15.0. The standard InChI is InChI=1S/C13H13ClN4O3/c1-2-3-10-16-11(18-17-10)12(19)15-7-4-5-9(14)8(6-7)13(20)21/h4-6H,2-3H2,1H3,(H,15,19)(H,20,21)(H,16,17,18). The quantitative estimate of drug-likeness (QED) is 0.785. The number of nitrogens with zero attached hydrogens (tertiary/aromatic N) is 2. The molecule has 0 aliphatic rings. The summed E-state index contributed by atoms with van der Waals surface area (Å²) in [4.78, 5) is 27.0. The van der Waals surface area contributed by atoms with Gasteiger partial charge in [0, 0.05) is 12.1 Å². The van der Waals surface area contributed by atoms with E-state index in [1.165, 1.54) is 18.2 Å². The van der Waals surface area contributed by atoms with Crippen LogP contribution in [0.15, 0.2) is 18.2 Å². The Balaban J connectivity index is 2.15. The fourth-order valence-corrected chi connectivity index (χ4v) is 1.90. The number of nitrogens with one attached hydrogen (secondary N) is 2. The minimum atomic E-state index is -1.17. The molecular formula is C13H13ClN4O3. The second-order valence-electron chi connectivity index (χ2n) is 4.31. The van der Waals surface area contributed by atoms with E-state index in [2.05, 4.69) is 20.5 Å². The summed E-state index contributed by atoms with van der Waals surface area (Å²) in [5.74, 6) is -1.05. The maximum absolute atomic E-state index is 12.0. The van der Waals surface area contributed by atoms with Crippen molar-refractivity contribution in [3.63, 3.8) is 0 Å². The van der Waals surface area contributed by atoms with Crippen LogP contribution in [0.3, 0.4) is 0 Å². The molecule has 1 aromatic carbocycles. The van der Waals surface area contributed by atoms with E-state index in [1.54, 1.807) is 0 Å². The van der Waals surface area contributed by atoms with E-state index in [-0.39, 0.29) is 16.4 Å². The Labute approximate surface area is 125 Å². The third kappa shape index (κ3) is 3.57. The lowest BCUT2D eigenvalue weighted by molar-refractivity contribution is 0.0696. The van der Waals surface area contributed by atoms with Gasteiger partial charge in [0.1, 0.15) is 5.82 Å². The molecule has 0 aliphatic heterocycles. The number of hydrogen-bond acceptors (Lipinski definition) is 4. The van der Waals surface area contributed by atoms with Crippen LogP contribution in [0, 0.1) is 0 Å². The van der Waals surface area contributed by atoms with Crippen molar-refractivity contribution in [3.8, 4) is 0 Å². The number of anilines is 1. The number of aromatic nitrogens is 3. The summed E-state index contributed by atoms with van der Waals surface area (Å²) in [6.07, 6.45) is 1.58. The minimum absolute atomic E-state index is 0.00488. The Morgan fingerprint density at radius 2 is 2.19 bits per heavy atom. The predicted octanol–water partition coefficient (Wildman–Crippen LogP) is 2.36. The van der Waals surface area contributed by atoms with E-state index >= 15 is 0 Å². The van der Waals surface area contributed by atoms with Crippen LogP contribution in [0.5, 0.6) is 0 Å². The topological polar surface area (TPSA) is 108 Å². The molecule has 1 heterocycles. The van der Waals surface area contributed by atoms with Gasteiger partial charge in [0.25, 0.3) is 5.91 Å². The molecule has 0 spiro atoms. The van der Waals surface area contributed by atoms with Crippen molar-refractivity contribution in [2.75, 3.05) is 5.32 Å². The monoisotopic (exact) mass is 308 g/mol. The fraction of sp³-hybridized carbons (Fsp3) is 0.231. The van der Waals surface area contributed by atoms with Crippen LogP contribution in [0.4, 0.5) is 5.69 Å². The zero-order valence-corrected chi connectivity index (χ0v) is 11.9. The van der Waals surface area contributed by atoms with Gasteiger partial charge in [0.2, 0.25) is 5.82 Å². The van der Waals surface area contributed by atoms with Crippen molar-refractivity contribution < 1.29 is 14.7 Å². The molecule has 0 saturated carbocycles. The normalized spacial score (nSPS) is 10.4. The predicted molar refractivity (Wildman–Crippen MR) is 76.7 cm³/mol. The number of aromatic carboxylic acids is 1. The van der Waals surface area contributed by atoms with E-state index in [9.17, 15) is 9.59 Å². The third-order valence-electron chi connectivity index (χ3n) is 2.68. The summed E-state index contributed by atoms with van der Waals surface area (Å²) in [7, 11) is 0. The number of H-pyrrole nitrogens is 1. The molecule has 0 fully saturated rings. The minimum Gasteiger partial charge on any atom is -0.478 e. The largest absolute Gasteiger partial charge is 0.478 e. The Morgan fingerprint density at radius 1 is 1.43 bits per heavy atom. The molecule has 0 saturated heterocycles. The third-order valence-corrected chi connectivity index (χ3v) is 3.01. The smallest absolute Gasteiger partial charge is 0.337 e. The second-order valence-corrected chi connectivity index (χ2v) is 4.72. The second kappa shape index (κ2) is 6.36. The van der Waals surface area contributed by atoms with Crippen LogP contribution in [0.2, 0.25) is 5.02 Å². The van der Waals surface area contributed by atoms with Crippen molar-refractivity contribution in [1.82, 2.24) is 15.2 Å². The lowest BCUT2D eigenvalue weighted by Crippen LogP contribution is -2.14. The number of rotatable bonds is 5. The lowest BCUT2D eigenvalue weighted by Gasteiger charge is -2.05. The number of carbonyl (C=O) groups excluding carboxylic acids is 1. The number of carboxylic acids is 1. The first-order valence-electron chi connectivity index (χ1n) is 6.26. The average Bonchev–Trinajstić information content (AvgIpc) is 2.90. The summed E-state index contributed by atoms with van der Waals surface area (Å²) >= 11 is 5.76. The highest BCUT2D eigenvalue weighted by Gasteiger charge is 2.15. The molecule has 7 nitrogen and oxygen atoms in total. The van der Waals surface area contributed by atoms with Crippen LogP contribution in [-0.2, 0) is 6.42 Å². The van der Waals surface area contributed by atoms with Gasteiger partial charge >= 0.3 is 5.97 Å². The molecule has 0 unspecified atom stereocenters. The summed E-state index contributed by atoms with van der Waals surface area (Å²) in [6.45, 7) is 1.99. The zero-order valence-electron chi connectivity index (χ0n) is 11.2. The molecule has 3 N–H and O–H groups in total. The van der Waals surface area contributed by atoms with Gasteiger partial charge in [-0.15, -0.1) is 5.10 Å². The molecule has 1 amide bonds. The summed E-state index contributed by atoms with van der Waals surface area (Å²) < 4.78 is 0. The van der Waals surface area contributed by atoms with Crippen LogP contribution in [-0.4, -0.2) is 32.2 Å². The number of amides is 1. The SMILES string of the molecule is CCCc1nc(C(=O)Nc2ccc(Cl)c(C(=O)O)c2)n[nH]1. The van der Waals surface area contributed by atoms with E-state index in [4.69, 9.17) is 16.7 Å². The van der Waals surface area contributed by atoms with E-state index in [0.29, 0.717) is 17.9 Å². The number of halogens is 1. The first-order valence-corrected chi connectivity index (χ1v) is 6.64. The lowest BCUT2D eigenvalue weighted by atomic mass is 10.2. The van der Waals surface area contributed by atoms with Crippen molar-refractivity contribution in [3.05, 3.63) is 40.4 Å². The number of aromatic amines is 1. The summed E-state index contributed by atoms with van der Waals surface area (Å²) in [6, 6.07) is 4.19. The molecule has 0 atom stereocenters. The van der Waals surface area contributed by atoms with Gasteiger partial charge < -0.3 is 10.4 Å².